The first kappa shape index (κ1) is 15.0. The van der Waals surface area contributed by atoms with Gasteiger partial charge in [0.2, 0.25) is 5.91 Å². The van der Waals surface area contributed by atoms with Crippen LogP contribution in [0.4, 0.5) is 5.69 Å². The number of carbonyl (C=O) groups is 1. The number of nitrogens with two attached hydrogens (primary N) is 1. The van der Waals surface area contributed by atoms with E-state index in [1.807, 2.05) is 20.8 Å². The lowest BCUT2D eigenvalue weighted by molar-refractivity contribution is -0.119. The van der Waals surface area contributed by atoms with Gasteiger partial charge < -0.3 is 11.1 Å². The Morgan fingerprint density at radius 3 is 2.61 bits per heavy atom. The molecule has 0 fully saturated rings. The molecule has 1 aromatic carbocycles. The van der Waals surface area contributed by atoms with Crippen molar-refractivity contribution in [1.29, 1.82) is 0 Å². The average Bonchev–Trinajstić information content (AvgIpc) is 2.18. The minimum atomic E-state index is -1.49. The predicted octanol–water partition coefficient (Wildman–Crippen LogP) is 1.94. The molecule has 0 aliphatic heterocycles. The highest BCUT2D eigenvalue weighted by molar-refractivity contribution is 7.85. The molecular weight excluding hydrogens is 272 g/mol. The van der Waals surface area contributed by atoms with E-state index in [-0.39, 0.29) is 17.2 Å². The predicted molar refractivity (Wildman–Crippen MR) is 75.0 cm³/mol. The van der Waals surface area contributed by atoms with Crippen molar-refractivity contribution in [2.75, 3.05) is 11.5 Å². The third-order valence-corrected chi connectivity index (χ3v) is 3.77. The van der Waals surface area contributed by atoms with Crippen LogP contribution in [0.15, 0.2) is 23.1 Å². The van der Waals surface area contributed by atoms with Crippen LogP contribution in [-0.2, 0) is 15.6 Å². The van der Waals surface area contributed by atoms with Gasteiger partial charge in [-0.05, 0) is 39.0 Å². The van der Waals surface area contributed by atoms with Crippen LogP contribution in [0.2, 0.25) is 5.02 Å². The molecular formula is C12H17ClN2O2S. The Morgan fingerprint density at radius 2 is 2.06 bits per heavy atom. The number of hydrogen-bond acceptors (Lipinski definition) is 3. The van der Waals surface area contributed by atoms with Crippen molar-refractivity contribution >= 4 is 34.0 Å². The van der Waals surface area contributed by atoms with Gasteiger partial charge >= 0.3 is 0 Å². The number of nitrogens with one attached hydrogen (secondary N) is 1. The lowest BCUT2D eigenvalue weighted by atomic mass is 10.1. The normalized spacial score (nSPS) is 13.1. The number of amides is 1. The van der Waals surface area contributed by atoms with Crippen molar-refractivity contribution in [1.82, 2.24) is 5.32 Å². The fourth-order valence-electron chi connectivity index (χ4n) is 1.35. The molecule has 1 unspecified atom stereocenters. The van der Waals surface area contributed by atoms with Crippen LogP contribution in [0.3, 0.4) is 0 Å². The molecule has 0 radical (unpaired) electrons. The molecule has 3 N–H and O–H groups in total. The molecule has 4 nitrogen and oxygen atoms in total. The number of halogens is 1. The van der Waals surface area contributed by atoms with Crippen molar-refractivity contribution in [2.24, 2.45) is 0 Å². The third-order valence-electron chi connectivity index (χ3n) is 1.98. The Labute approximate surface area is 114 Å². The molecule has 0 saturated carbocycles. The fraction of sp³-hybridized carbons (Fsp3) is 0.417. The van der Waals surface area contributed by atoms with E-state index in [1.165, 1.54) is 6.07 Å². The van der Waals surface area contributed by atoms with E-state index in [0.29, 0.717) is 15.6 Å². The zero-order valence-corrected chi connectivity index (χ0v) is 12.2. The molecule has 0 spiro atoms. The molecule has 0 aliphatic rings. The summed E-state index contributed by atoms with van der Waals surface area (Å²) >= 11 is 5.93. The Morgan fingerprint density at radius 1 is 1.44 bits per heavy atom. The van der Waals surface area contributed by atoms with E-state index in [0.717, 1.165) is 0 Å². The molecule has 0 aliphatic carbocycles. The first-order chi connectivity index (χ1) is 8.19. The lowest BCUT2D eigenvalue weighted by Gasteiger charge is -2.20. The van der Waals surface area contributed by atoms with Crippen molar-refractivity contribution < 1.29 is 9.00 Å². The number of hydrogen-bond donors (Lipinski definition) is 2. The summed E-state index contributed by atoms with van der Waals surface area (Å²) in [6.45, 7) is 5.59. The molecule has 0 aromatic heterocycles. The second-order valence-electron chi connectivity index (χ2n) is 4.98. The van der Waals surface area contributed by atoms with Gasteiger partial charge in [-0.15, -0.1) is 0 Å². The van der Waals surface area contributed by atoms with Crippen LogP contribution < -0.4 is 11.1 Å². The van der Waals surface area contributed by atoms with Crippen LogP contribution in [0.25, 0.3) is 0 Å². The van der Waals surface area contributed by atoms with E-state index in [2.05, 4.69) is 5.32 Å². The van der Waals surface area contributed by atoms with Gasteiger partial charge in [-0.25, -0.2) is 0 Å². The molecule has 1 aromatic rings. The van der Waals surface area contributed by atoms with E-state index >= 15 is 0 Å². The van der Waals surface area contributed by atoms with Crippen molar-refractivity contribution in [2.45, 2.75) is 31.2 Å². The van der Waals surface area contributed by atoms with Gasteiger partial charge in [0, 0.05) is 11.2 Å². The topological polar surface area (TPSA) is 72.2 Å². The zero-order chi connectivity index (χ0) is 13.9. The Bertz CT molecular complexity index is 483. The second kappa shape index (κ2) is 5.71. The standard InChI is InChI=1S/C12H17ClN2O2S/c1-12(2,3)15-11(16)7-18(17)10-6-8(14)4-5-9(10)13/h4-6H,7,14H2,1-3H3,(H,15,16). The van der Waals surface area contributed by atoms with Gasteiger partial charge in [-0.3, -0.25) is 9.00 Å². The average molecular weight is 289 g/mol. The van der Waals surface area contributed by atoms with Gasteiger partial charge in [0.25, 0.3) is 0 Å². The van der Waals surface area contributed by atoms with Crippen LogP contribution >= 0.6 is 11.6 Å². The Hall–Kier alpha value is -1.07. The van der Waals surface area contributed by atoms with Crippen molar-refractivity contribution in [3.05, 3.63) is 23.2 Å². The second-order valence-corrected chi connectivity index (χ2v) is 6.80. The van der Waals surface area contributed by atoms with Crippen LogP contribution in [0, 0.1) is 0 Å². The van der Waals surface area contributed by atoms with Gasteiger partial charge in [-0.2, -0.15) is 0 Å². The number of carbonyl (C=O) groups excluding carboxylic acids is 1. The number of anilines is 1. The third kappa shape index (κ3) is 4.66. The molecule has 0 saturated heterocycles. The Balaban J connectivity index is 2.77. The lowest BCUT2D eigenvalue weighted by Crippen LogP contribution is -2.42. The highest BCUT2D eigenvalue weighted by Crippen LogP contribution is 2.22. The summed E-state index contributed by atoms with van der Waals surface area (Å²) in [6.07, 6.45) is 0. The first-order valence-electron chi connectivity index (χ1n) is 5.43. The van der Waals surface area contributed by atoms with E-state index in [4.69, 9.17) is 17.3 Å². The van der Waals surface area contributed by atoms with Gasteiger partial charge in [-0.1, -0.05) is 11.6 Å². The smallest absolute Gasteiger partial charge is 0.233 e. The summed E-state index contributed by atoms with van der Waals surface area (Å²) in [4.78, 5) is 12.0. The molecule has 1 rings (SSSR count). The molecule has 0 heterocycles. The minimum Gasteiger partial charge on any atom is -0.399 e. The van der Waals surface area contributed by atoms with E-state index < -0.39 is 10.8 Å². The van der Waals surface area contributed by atoms with Crippen molar-refractivity contribution in [3.8, 4) is 0 Å². The maximum Gasteiger partial charge on any atom is 0.233 e. The van der Waals surface area contributed by atoms with E-state index in [1.54, 1.807) is 12.1 Å². The van der Waals surface area contributed by atoms with E-state index in [9.17, 15) is 9.00 Å². The highest BCUT2D eigenvalue weighted by atomic mass is 35.5. The summed E-state index contributed by atoms with van der Waals surface area (Å²) in [6, 6.07) is 4.73. The summed E-state index contributed by atoms with van der Waals surface area (Å²) in [5.41, 5.74) is 5.73. The largest absolute Gasteiger partial charge is 0.399 e. The van der Waals surface area contributed by atoms with Gasteiger partial charge in [0.05, 0.1) is 20.7 Å². The molecule has 18 heavy (non-hydrogen) atoms. The Kier molecular flexibility index (Phi) is 4.76. The maximum atomic E-state index is 12.0. The monoisotopic (exact) mass is 288 g/mol. The molecule has 6 heteroatoms. The maximum absolute atomic E-state index is 12.0. The highest BCUT2D eigenvalue weighted by Gasteiger charge is 2.18. The quantitative estimate of drug-likeness (QED) is 0.835. The number of nitrogen functional groups attached to an aromatic ring is 1. The summed E-state index contributed by atoms with van der Waals surface area (Å²) in [5, 5.41) is 3.10. The number of rotatable bonds is 3. The summed E-state index contributed by atoms with van der Waals surface area (Å²) in [7, 11) is -1.49. The van der Waals surface area contributed by atoms with Gasteiger partial charge in [0.15, 0.2) is 0 Å². The number of benzene rings is 1. The zero-order valence-electron chi connectivity index (χ0n) is 10.6. The SMILES string of the molecule is CC(C)(C)NC(=O)CS(=O)c1cc(N)ccc1Cl. The summed E-state index contributed by atoms with van der Waals surface area (Å²) < 4.78 is 12.0. The first-order valence-corrected chi connectivity index (χ1v) is 7.13. The fourth-order valence-corrected chi connectivity index (χ4v) is 2.74. The molecule has 0 bridgehead atoms. The van der Waals surface area contributed by atoms with Gasteiger partial charge in [0.1, 0.15) is 5.75 Å². The van der Waals surface area contributed by atoms with Crippen molar-refractivity contribution in [3.63, 3.8) is 0 Å². The van der Waals surface area contributed by atoms with Crippen LogP contribution in [0.5, 0.6) is 0 Å². The van der Waals surface area contributed by atoms with Crippen LogP contribution in [0.1, 0.15) is 20.8 Å². The van der Waals surface area contributed by atoms with Crippen LogP contribution in [-0.4, -0.2) is 21.4 Å². The summed E-state index contributed by atoms with van der Waals surface area (Å²) in [5.74, 6) is -0.403. The molecule has 100 valence electrons. The molecule has 1 atom stereocenters. The molecule has 1 amide bonds. The minimum absolute atomic E-state index is 0.125.